The summed E-state index contributed by atoms with van der Waals surface area (Å²) in [6.45, 7) is 0. The minimum atomic E-state index is 1.23. The third kappa shape index (κ3) is 3.15. The maximum absolute atomic E-state index is 2.54. The van der Waals surface area contributed by atoms with E-state index in [9.17, 15) is 0 Å². The zero-order chi connectivity index (χ0) is 29.9. The molecule has 0 radical (unpaired) electrons. The monoisotopic (exact) mass is 620 g/mol. The van der Waals surface area contributed by atoms with Crippen molar-refractivity contribution in [1.29, 1.82) is 0 Å². The number of fused-ring (bicyclic) bond motifs is 13. The van der Waals surface area contributed by atoms with Crippen molar-refractivity contribution in [2.45, 2.75) is 0 Å². The molecule has 0 aliphatic heterocycles. The number of rotatable bonds is 2. The quantitative estimate of drug-likeness (QED) is 0.182. The van der Waals surface area contributed by atoms with E-state index in [1.807, 2.05) is 22.7 Å². The minimum Gasteiger partial charge on any atom is -0.308 e. The molecule has 11 aromatic rings. The largest absolute Gasteiger partial charge is 0.308 e. The molecule has 0 atom stereocenters. The molecular weight excluding hydrogens is 597 g/mol. The second-order valence-electron chi connectivity index (χ2n) is 12.1. The van der Waals surface area contributed by atoms with Gasteiger partial charge in [-0.25, -0.2) is 0 Å². The number of nitrogens with zero attached hydrogens (tertiary/aromatic N) is 2. The van der Waals surface area contributed by atoms with Crippen molar-refractivity contribution in [2.24, 2.45) is 0 Å². The highest BCUT2D eigenvalue weighted by Crippen LogP contribution is 2.46. The highest BCUT2D eigenvalue weighted by molar-refractivity contribution is 7.26. The van der Waals surface area contributed by atoms with Gasteiger partial charge in [0, 0.05) is 52.5 Å². The van der Waals surface area contributed by atoms with E-state index in [0.717, 1.165) is 0 Å². The number of para-hydroxylation sites is 2. The van der Waals surface area contributed by atoms with Crippen molar-refractivity contribution in [3.05, 3.63) is 146 Å². The summed E-state index contributed by atoms with van der Waals surface area (Å²) in [6.07, 6.45) is 0. The van der Waals surface area contributed by atoms with E-state index in [1.54, 1.807) is 0 Å². The average Bonchev–Trinajstić information content (AvgIpc) is 3.86. The molecule has 0 saturated carbocycles. The first-order valence-electron chi connectivity index (χ1n) is 15.6. The van der Waals surface area contributed by atoms with Crippen LogP contribution in [0.4, 0.5) is 0 Å². The van der Waals surface area contributed by atoms with E-state index in [-0.39, 0.29) is 0 Å². The predicted molar refractivity (Wildman–Crippen MR) is 201 cm³/mol. The Morgan fingerprint density at radius 1 is 0.326 bits per heavy atom. The lowest BCUT2D eigenvalue weighted by Crippen LogP contribution is -1.95. The van der Waals surface area contributed by atoms with Crippen LogP contribution in [-0.2, 0) is 0 Å². The summed E-state index contributed by atoms with van der Waals surface area (Å²) in [5, 5.41) is 10.4. The molecule has 4 aromatic heterocycles. The van der Waals surface area contributed by atoms with Gasteiger partial charge in [-0.1, -0.05) is 103 Å². The number of hydrogen-bond acceptors (Lipinski definition) is 2. The maximum atomic E-state index is 2.54. The summed E-state index contributed by atoms with van der Waals surface area (Å²) in [7, 11) is 0. The first-order chi connectivity index (χ1) is 22.8. The molecule has 0 aliphatic rings. The van der Waals surface area contributed by atoms with Gasteiger partial charge in [-0.15, -0.1) is 22.7 Å². The Balaban J connectivity index is 1.34. The van der Waals surface area contributed by atoms with Gasteiger partial charge in [0.05, 0.1) is 42.8 Å². The molecule has 4 heteroatoms. The molecule has 0 bridgehead atoms. The lowest BCUT2D eigenvalue weighted by Gasteiger charge is -2.11. The molecule has 0 saturated heterocycles. The molecule has 46 heavy (non-hydrogen) atoms. The molecule has 2 nitrogen and oxygen atoms in total. The van der Waals surface area contributed by atoms with Crippen molar-refractivity contribution in [2.75, 3.05) is 0 Å². The van der Waals surface area contributed by atoms with E-state index in [0.29, 0.717) is 0 Å². The summed E-state index contributed by atoms with van der Waals surface area (Å²) in [5.74, 6) is 0. The van der Waals surface area contributed by atoms with E-state index < -0.39 is 0 Å². The third-order valence-electron chi connectivity index (χ3n) is 9.72. The van der Waals surface area contributed by atoms with E-state index in [1.165, 1.54) is 95.3 Å². The van der Waals surface area contributed by atoms with Gasteiger partial charge in [0.15, 0.2) is 0 Å². The fourth-order valence-electron chi connectivity index (χ4n) is 7.84. The SMILES string of the molecule is c1ccc2c(c1)sc1c(-n3c4ccccc4c4c3ccc3c5ccccc5n(-c5cccc6c5sc5ccccc56)c34)cccc12. The summed E-state index contributed by atoms with van der Waals surface area (Å²) in [4.78, 5) is 0. The van der Waals surface area contributed by atoms with Gasteiger partial charge in [0.2, 0.25) is 0 Å². The van der Waals surface area contributed by atoms with Crippen molar-refractivity contribution >= 4 is 107 Å². The third-order valence-corrected chi connectivity index (χ3v) is 12.1. The van der Waals surface area contributed by atoms with Crippen LogP contribution in [0, 0.1) is 0 Å². The molecule has 0 N–H and O–H groups in total. The van der Waals surface area contributed by atoms with E-state index in [4.69, 9.17) is 0 Å². The molecule has 0 aliphatic carbocycles. The smallest absolute Gasteiger partial charge is 0.0641 e. The number of thiophene rings is 2. The Labute approximate surface area is 271 Å². The van der Waals surface area contributed by atoms with Crippen molar-refractivity contribution in [3.8, 4) is 11.4 Å². The van der Waals surface area contributed by atoms with Gasteiger partial charge in [-0.05, 0) is 42.5 Å². The number of hydrogen-bond donors (Lipinski definition) is 0. The van der Waals surface area contributed by atoms with Crippen molar-refractivity contribution in [3.63, 3.8) is 0 Å². The zero-order valence-electron chi connectivity index (χ0n) is 24.6. The Morgan fingerprint density at radius 2 is 0.826 bits per heavy atom. The second-order valence-corrected chi connectivity index (χ2v) is 14.2. The minimum absolute atomic E-state index is 1.23. The molecule has 0 fully saturated rings. The fraction of sp³-hybridized carbons (Fsp3) is 0. The Bertz CT molecular complexity index is 3040. The van der Waals surface area contributed by atoms with Gasteiger partial charge in [0.1, 0.15) is 0 Å². The van der Waals surface area contributed by atoms with Gasteiger partial charge in [-0.2, -0.15) is 0 Å². The van der Waals surface area contributed by atoms with Gasteiger partial charge < -0.3 is 9.13 Å². The summed E-state index contributed by atoms with van der Waals surface area (Å²) in [6, 6.07) is 53.7. The molecule has 4 heterocycles. The molecule has 0 unspecified atom stereocenters. The van der Waals surface area contributed by atoms with Crippen LogP contribution in [0.2, 0.25) is 0 Å². The topological polar surface area (TPSA) is 9.86 Å². The highest BCUT2D eigenvalue weighted by atomic mass is 32.1. The number of benzene rings is 7. The lowest BCUT2D eigenvalue weighted by atomic mass is 10.1. The second kappa shape index (κ2) is 9.07. The van der Waals surface area contributed by atoms with Crippen LogP contribution in [0.15, 0.2) is 146 Å². The molecular formula is C42H24N2S2. The fourth-order valence-corrected chi connectivity index (χ4v) is 10.2. The average molecular weight is 621 g/mol. The first-order valence-corrected chi connectivity index (χ1v) is 17.2. The summed E-state index contributed by atoms with van der Waals surface area (Å²) in [5.41, 5.74) is 7.43. The molecule has 0 spiro atoms. The standard InChI is InChI=1S/C42H24N2S2/c1-5-17-32-25(11-1)28-23-24-34-39(40(28)44(32)36-20-10-16-30-27-13-4-8-22-38(27)46-42(30)36)31-14-2-6-18-33(31)43(34)35-19-9-15-29-26-12-3-7-21-37(26)45-41(29)35/h1-24H. The predicted octanol–water partition coefficient (Wildman–Crippen LogP) is 12.6. The van der Waals surface area contributed by atoms with Crippen molar-refractivity contribution < 1.29 is 0 Å². The normalized spacial score (nSPS) is 12.3. The van der Waals surface area contributed by atoms with Gasteiger partial charge in [-0.3, -0.25) is 0 Å². The lowest BCUT2D eigenvalue weighted by molar-refractivity contribution is 1.20. The number of aromatic nitrogens is 2. The Kier molecular flexibility index (Phi) is 4.90. The van der Waals surface area contributed by atoms with Crippen LogP contribution in [0.5, 0.6) is 0 Å². The van der Waals surface area contributed by atoms with Gasteiger partial charge in [0.25, 0.3) is 0 Å². The first kappa shape index (κ1) is 24.8. The van der Waals surface area contributed by atoms with Crippen LogP contribution in [0.1, 0.15) is 0 Å². The van der Waals surface area contributed by atoms with Crippen LogP contribution in [-0.4, -0.2) is 9.13 Å². The van der Waals surface area contributed by atoms with Crippen LogP contribution in [0.3, 0.4) is 0 Å². The molecule has 7 aromatic carbocycles. The highest BCUT2D eigenvalue weighted by Gasteiger charge is 2.23. The molecule has 11 rings (SSSR count). The Hall–Kier alpha value is -5.42. The van der Waals surface area contributed by atoms with Crippen LogP contribution < -0.4 is 0 Å². The zero-order valence-corrected chi connectivity index (χ0v) is 26.2. The van der Waals surface area contributed by atoms with E-state index >= 15 is 0 Å². The summed E-state index contributed by atoms with van der Waals surface area (Å²) < 4.78 is 10.3. The van der Waals surface area contributed by atoms with Crippen LogP contribution >= 0.6 is 22.7 Å². The molecule has 0 amide bonds. The maximum Gasteiger partial charge on any atom is 0.0641 e. The van der Waals surface area contributed by atoms with Crippen molar-refractivity contribution in [1.82, 2.24) is 9.13 Å². The molecule has 214 valence electrons. The van der Waals surface area contributed by atoms with Gasteiger partial charge >= 0.3 is 0 Å². The van der Waals surface area contributed by atoms with E-state index in [2.05, 4.69) is 155 Å². The Morgan fingerprint density at radius 3 is 1.48 bits per heavy atom. The van der Waals surface area contributed by atoms with Crippen LogP contribution in [0.25, 0.3) is 95.3 Å². The summed E-state index contributed by atoms with van der Waals surface area (Å²) >= 11 is 3.78.